The first-order valence-electron chi connectivity index (χ1n) is 8.95. The van der Waals surface area contributed by atoms with E-state index in [1.165, 1.54) is 16.5 Å². The summed E-state index contributed by atoms with van der Waals surface area (Å²) in [4.78, 5) is 19.7. The maximum absolute atomic E-state index is 12.3. The monoisotopic (exact) mass is 346 g/mol. The number of benzene rings is 1. The number of pyridine rings is 1. The molecule has 1 aromatic carbocycles. The second-order valence-corrected chi connectivity index (χ2v) is 6.91. The van der Waals surface area contributed by atoms with Gasteiger partial charge in [0, 0.05) is 28.9 Å². The molecule has 2 heterocycles. The Hall–Kier alpha value is -3.08. The number of H-pyrrole nitrogens is 1. The molecule has 2 aromatic heterocycles. The summed E-state index contributed by atoms with van der Waals surface area (Å²) in [6, 6.07) is 9.99. The molecule has 3 N–H and O–H groups in total. The fraction of sp³-hybridized carbons (Fsp3) is 0.238. The van der Waals surface area contributed by atoms with E-state index >= 15 is 0 Å². The minimum absolute atomic E-state index is 0.182. The number of hydrogen-bond acceptors (Lipinski definition) is 3. The van der Waals surface area contributed by atoms with Crippen LogP contribution in [0.3, 0.4) is 0 Å². The number of hydrazine groups is 1. The van der Waals surface area contributed by atoms with Gasteiger partial charge in [-0.2, -0.15) is 0 Å². The molecule has 0 aliphatic heterocycles. The molecular formula is C21H22N4O. The van der Waals surface area contributed by atoms with Crippen LogP contribution in [0.1, 0.15) is 53.4 Å². The van der Waals surface area contributed by atoms with Crippen molar-refractivity contribution >= 4 is 22.5 Å². The number of fused-ring (bicyclic) bond motifs is 3. The van der Waals surface area contributed by atoms with Crippen LogP contribution >= 0.6 is 0 Å². The summed E-state index contributed by atoms with van der Waals surface area (Å²) in [6.07, 6.45) is 7.28. The number of amides is 1. The van der Waals surface area contributed by atoms with Gasteiger partial charge in [0.25, 0.3) is 5.91 Å². The molecule has 1 amide bonds. The molecule has 0 spiro atoms. The lowest BCUT2D eigenvalue weighted by Crippen LogP contribution is -2.36. The minimum Gasteiger partial charge on any atom is -0.353 e. The van der Waals surface area contributed by atoms with Gasteiger partial charge in [-0.3, -0.25) is 20.6 Å². The molecule has 0 saturated carbocycles. The standard InChI is InChI=1S/C21H22N4O/c1-13(2)15-6-7-18-17(12-15)16-4-3-5-19(20(16)23-18)24-25-21(26)14-8-10-22-11-9-14/h5-13,23-24H,3-4H2,1-2H3,(H,25,26). The number of nitrogens with one attached hydrogen (secondary N) is 3. The van der Waals surface area contributed by atoms with E-state index in [0.29, 0.717) is 11.5 Å². The number of aromatic nitrogens is 2. The van der Waals surface area contributed by atoms with Gasteiger partial charge in [0.15, 0.2) is 0 Å². The van der Waals surface area contributed by atoms with Gasteiger partial charge in [0.1, 0.15) is 0 Å². The summed E-state index contributed by atoms with van der Waals surface area (Å²) < 4.78 is 0. The summed E-state index contributed by atoms with van der Waals surface area (Å²) in [7, 11) is 0. The number of allylic oxidation sites excluding steroid dienone is 1. The molecular weight excluding hydrogens is 324 g/mol. The lowest BCUT2D eigenvalue weighted by molar-refractivity contribution is 0.0942. The fourth-order valence-corrected chi connectivity index (χ4v) is 3.39. The van der Waals surface area contributed by atoms with E-state index in [9.17, 15) is 4.79 Å². The molecule has 4 rings (SSSR count). The first-order valence-corrected chi connectivity index (χ1v) is 8.95. The third kappa shape index (κ3) is 2.96. The molecule has 0 radical (unpaired) electrons. The van der Waals surface area contributed by atoms with E-state index in [1.54, 1.807) is 24.5 Å². The second-order valence-electron chi connectivity index (χ2n) is 6.91. The van der Waals surface area contributed by atoms with Gasteiger partial charge < -0.3 is 4.98 Å². The van der Waals surface area contributed by atoms with E-state index < -0.39 is 0 Å². The molecule has 1 aliphatic carbocycles. The molecule has 5 heteroatoms. The van der Waals surface area contributed by atoms with E-state index in [-0.39, 0.29) is 5.91 Å². The Bertz CT molecular complexity index is 986. The van der Waals surface area contributed by atoms with Crippen molar-refractivity contribution in [1.29, 1.82) is 0 Å². The predicted octanol–water partition coefficient (Wildman–Crippen LogP) is 3.91. The maximum Gasteiger partial charge on any atom is 0.269 e. The number of nitrogens with zero attached hydrogens (tertiary/aromatic N) is 1. The van der Waals surface area contributed by atoms with Gasteiger partial charge in [-0.05, 0) is 54.2 Å². The van der Waals surface area contributed by atoms with Crippen molar-refractivity contribution in [2.45, 2.75) is 32.6 Å². The Balaban J connectivity index is 1.59. The third-order valence-corrected chi connectivity index (χ3v) is 4.86. The maximum atomic E-state index is 12.3. The minimum atomic E-state index is -0.182. The van der Waals surface area contributed by atoms with Gasteiger partial charge >= 0.3 is 0 Å². The van der Waals surface area contributed by atoms with Crippen molar-refractivity contribution in [2.75, 3.05) is 0 Å². The van der Waals surface area contributed by atoms with Crippen LogP contribution in [-0.2, 0) is 6.42 Å². The van der Waals surface area contributed by atoms with Crippen molar-refractivity contribution in [3.8, 4) is 0 Å². The molecule has 1 aliphatic rings. The Morgan fingerprint density at radius 2 is 2.00 bits per heavy atom. The molecule has 132 valence electrons. The molecule has 0 unspecified atom stereocenters. The van der Waals surface area contributed by atoms with Crippen LogP contribution in [0, 0.1) is 0 Å². The van der Waals surface area contributed by atoms with Crippen LogP contribution < -0.4 is 10.9 Å². The van der Waals surface area contributed by atoms with Crippen molar-refractivity contribution in [2.24, 2.45) is 0 Å². The van der Waals surface area contributed by atoms with E-state index in [2.05, 4.69) is 58.9 Å². The molecule has 0 saturated heterocycles. The number of aryl methyl sites for hydroxylation is 1. The summed E-state index contributed by atoms with van der Waals surface area (Å²) in [5.41, 5.74) is 12.2. The van der Waals surface area contributed by atoms with Crippen molar-refractivity contribution in [3.05, 3.63) is 71.2 Å². The Morgan fingerprint density at radius 1 is 1.19 bits per heavy atom. The molecule has 26 heavy (non-hydrogen) atoms. The highest BCUT2D eigenvalue weighted by Crippen LogP contribution is 2.32. The fourth-order valence-electron chi connectivity index (χ4n) is 3.39. The molecule has 0 bridgehead atoms. The number of carbonyl (C=O) groups is 1. The first kappa shape index (κ1) is 16.4. The lowest BCUT2D eigenvalue weighted by Gasteiger charge is -2.17. The summed E-state index contributed by atoms with van der Waals surface area (Å²) in [6.45, 7) is 4.42. The van der Waals surface area contributed by atoms with E-state index in [4.69, 9.17) is 0 Å². The zero-order valence-electron chi connectivity index (χ0n) is 15.0. The van der Waals surface area contributed by atoms with Crippen molar-refractivity contribution in [3.63, 3.8) is 0 Å². The van der Waals surface area contributed by atoms with Gasteiger partial charge in [-0.1, -0.05) is 26.0 Å². The zero-order valence-corrected chi connectivity index (χ0v) is 15.0. The van der Waals surface area contributed by atoms with Gasteiger partial charge in [-0.25, -0.2) is 0 Å². The highest BCUT2D eigenvalue weighted by atomic mass is 16.2. The third-order valence-electron chi connectivity index (χ3n) is 4.86. The van der Waals surface area contributed by atoms with E-state index in [1.807, 2.05) is 0 Å². The summed E-state index contributed by atoms with van der Waals surface area (Å²) in [5.74, 6) is 0.319. The average molecular weight is 346 g/mol. The van der Waals surface area contributed by atoms with Crippen LogP contribution in [0.5, 0.6) is 0 Å². The second kappa shape index (κ2) is 6.67. The molecule has 5 nitrogen and oxygen atoms in total. The lowest BCUT2D eigenvalue weighted by atomic mass is 9.96. The first-order chi connectivity index (χ1) is 12.6. The summed E-state index contributed by atoms with van der Waals surface area (Å²) in [5, 5.41) is 1.28. The van der Waals surface area contributed by atoms with Crippen LogP contribution in [-0.4, -0.2) is 15.9 Å². The Kier molecular flexibility index (Phi) is 4.21. The number of rotatable bonds is 4. The normalized spacial score (nSPS) is 13.4. The topological polar surface area (TPSA) is 69.8 Å². The van der Waals surface area contributed by atoms with Gasteiger partial charge in [0.05, 0.1) is 11.4 Å². The van der Waals surface area contributed by atoms with Gasteiger partial charge in [0.2, 0.25) is 0 Å². The quantitative estimate of drug-likeness (QED) is 0.627. The van der Waals surface area contributed by atoms with Crippen molar-refractivity contribution < 1.29 is 4.79 Å². The number of carbonyl (C=O) groups excluding carboxylic acids is 1. The molecule has 0 atom stereocenters. The van der Waals surface area contributed by atoms with E-state index in [0.717, 1.165) is 29.7 Å². The largest absolute Gasteiger partial charge is 0.353 e. The van der Waals surface area contributed by atoms with Crippen LogP contribution in [0.4, 0.5) is 0 Å². The average Bonchev–Trinajstić information content (AvgIpc) is 3.05. The van der Waals surface area contributed by atoms with Crippen LogP contribution in [0.15, 0.2) is 48.8 Å². The predicted molar refractivity (Wildman–Crippen MR) is 104 cm³/mol. The highest BCUT2D eigenvalue weighted by Gasteiger charge is 2.19. The number of hydrogen-bond donors (Lipinski definition) is 3. The van der Waals surface area contributed by atoms with Gasteiger partial charge in [-0.15, -0.1) is 0 Å². The smallest absolute Gasteiger partial charge is 0.269 e. The molecule has 0 fully saturated rings. The summed E-state index contributed by atoms with van der Waals surface area (Å²) >= 11 is 0. The highest BCUT2D eigenvalue weighted by molar-refractivity contribution is 5.95. The van der Waals surface area contributed by atoms with Crippen LogP contribution in [0.25, 0.3) is 16.6 Å². The SMILES string of the molecule is CC(C)c1ccc2[nH]c3c(c2c1)CCC=C3NNC(=O)c1ccncc1. The Labute approximate surface area is 152 Å². The van der Waals surface area contributed by atoms with Crippen molar-refractivity contribution in [1.82, 2.24) is 20.8 Å². The van der Waals surface area contributed by atoms with Crippen LogP contribution in [0.2, 0.25) is 0 Å². The zero-order chi connectivity index (χ0) is 18.1. The Morgan fingerprint density at radius 3 is 2.77 bits per heavy atom. The molecule has 3 aromatic rings. The number of aromatic amines is 1.